The van der Waals surface area contributed by atoms with E-state index >= 15 is 0 Å². The molecule has 3 nitrogen and oxygen atoms in total. The molecular formula is C15H17NO2. The number of para-hydroxylation sites is 1. The highest BCUT2D eigenvalue weighted by molar-refractivity contribution is 6.51. The summed E-state index contributed by atoms with van der Waals surface area (Å²) in [6, 6.07) is 9.35. The topological polar surface area (TPSA) is 37.4 Å². The second-order valence-electron chi connectivity index (χ2n) is 5.22. The first-order valence-corrected chi connectivity index (χ1v) is 6.71. The molecular weight excluding hydrogens is 226 g/mol. The normalized spacial score (nSPS) is 25.1. The molecule has 1 aromatic carbocycles. The molecule has 0 N–H and O–H groups in total. The molecule has 1 aliphatic heterocycles. The van der Waals surface area contributed by atoms with Crippen LogP contribution >= 0.6 is 0 Å². The summed E-state index contributed by atoms with van der Waals surface area (Å²) in [5, 5.41) is 0. The SMILES string of the molecule is O=C1C(=O)N(c2ccccc2)C1C1CCCCC1. The minimum absolute atomic E-state index is 0.189. The number of hydrogen-bond acceptors (Lipinski definition) is 2. The summed E-state index contributed by atoms with van der Waals surface area (Å²) >= 11 is 0. The highest BCUT2D eigenvalue weighted by Gasteiger charge is 2.50. The van der Waals surface area contributed by atoms with Crippen molar-refractivity contribution in [2.75, 3.05) is 4.90 Å². The van der Waals surface area contributed by atoms with E-state index in [0.717, 1.165) is 18.5 Å². The average Bonchev–Trinajstić information content (AvgIpc) is 2.45. The first kappa shape index (κ1) is 11.5. The number of β-lactam (4-membered cyclic amide) rings is 1. The van der Waals surface area contributed by atoms with Crippen LogP contribution < -0.4 is 4.90 Å². The Balaban J connectivity index is 1.84. The lowest BCUT2D eigenvalue weighted by Gasteiger charge is -2.44. The highest BCUT2D eigenvalue weighted by atomic mass is 16.2. The van der Waals surface area contributed by atoms with Gasteiger partial charge in [0.25, 0.3) is 5.91 Å². The van der Waals surface area contributed by atoms with Gasteiger partial charge in [0.15, 0.2) is 0 Å². The molecule has 0 aromatic heterocycles. The predicted octanol–water partition coefficient (Wildman–Crippen LogP) is 2.55. The third kappa shape index (κ3) is 1.74. The van der Waals surface area contributed by atoms with E-state index in [-0.39, 0.29) is 17.7 Å². The zero-order chi connectivity index (χ0) is 12.5. The number of benzene rings is 1. The molecule has 0 bridgehead atoms. The number of carbonyl (C=O) groups excluding carboxylic acids is 2. The van der Waals surface area contributed by atoms with Gasteiger partial charge in [-0.25, -0.2) is 0 Å². The predicted molar refractivity (Wildman–Crippen MR) is 69.3 cm³/mol. The Labute approximate surface area is 107 Å². The maximum absolute atomic E-state index is 11.9. The van der Waals surface area contributed by atoms with Crippen LogP contribution in [0.3, 0.4) is 0 Å². The Morgan fingerprint density at radius 1 is 0.944 bits per heavy atom. The van der Waals surface area contributed by atoms with Crippen molar-refractivity contribution >= 4 is 17.4 Å². The maximum atomic E-state index is 11.9. The zero-order valence-electron chi connectivity index (χ0n) is 10.3. The van der Waals surface area contributed by atoms with Gasteiger partial charge >= 0.3 is 0 Å². The van der Waals surface area contributed by atoms with Crippen molar-refractivity contribution in [1.29, 1.82) is 0 Å². The lowest BCUT2D eigenvalue weighted by Crippen LogP contribution is -2.65. The first-order valence-electron chi connectivity index (χ1n) is 6.71. The zero-order valence-corrected chi connectivity index (χ0v) is 10.3. The fourth-order valence-electron chi connectivity index (χ4n) is 3.16. The van der Waals surface area contributed by atoms with E-state index in [1.165, 1.54) is 19.3 Å². The van der Waals surface area contributed by atoms with Gasteiger partial charge in [-0.2, -0.15) is 0 Å². The molecule has 94 valence electrons. The number of hydrogen-bond donors (Lipinski definition) is 0. The molecule has 1 unspecified atom stereocenters. The minimum Gasteiger partial charge on any atom is -0.294 e. The monoisotopic (exact) mass is 243 g/mol. The number of ketones is 1. The van der Waals surface area contributed by atoms with Crippen LogP contribution in [0.1, 0.15) is 32.1 Å². The van der Waals surface area contributed by atoms with Gasteiger partial charge in [-0.15, -0.1) is 0 Å². The molecule has 1 saturated heterocycles. The van der Waals surface area contributed by atoms with Crippen molar-refractivity contribution in [2.24, 2.45) is 5.92 Å². The van der Waals surface area contributed by atoms with Crippen LogP contribution in [0.25, 0.3) is 0 Å². The fourth-order valence-corrected chi connectivity index (χ4v) is 3.16. The number of nitrogens with zero attached hydrogens (tertiary/aromatic N) is 1. The molecule has 1 aromatic rings. The molecule has 0 radical (unpaired) electrons. The van der Waals surface area contributed by atoms with Crippen molar-refractivity contribution in [2.45, 2.75) is 38.1 Å². The third-order valence-corrected chi connectivity index (χ3v) is 4.11. The third-order valence-electron chi connectivity index (χ3n) is 4.11. The summed E-state index contributed by atoms with van der Waals surface area (Å²) in [6.45, 7) is 0. The van der Waals surface area contributed by atoms with Crippen LogP contribution in [-0.4, -0.2) is 17.7 Å². The van der Waals surface area contributed by atoms with Crippen LogP contribution in [0.2, 0.25) is 0 Å². The first-order chi connectivity index (χ1) is 8.79. The summed E-state index contributed by atoms with van der Waals surface area (Å²) in [5.74, 6) is -0.160. The van der Waals surface area contributed by atoms with E-state index < -0.39 is 0 Å². The lowest BCUT2D eigenvalue weighted by molar-refractivity contribution is -0.145. The Hall–Kier alpha value is -1.64. The summed E-state index contributed by atoms with van der Waals surface area (Å²) in [4.78, 5) is 25.3. The quantitative estimate of drug-likeness (QED) is 0.591. The fraction of sp³-hybridized carbons (Fsp3) is 0.467. The van der Waals surface area contributed by atoms with Gasteiger partial charge in [-0.3, -0.25) is 14.5 Å². The van der Waals surface area contributed by atoms with Gasteiger partial charge < -0.3 is 0 Å². The van der Waals surface area contributed by atoms with Gasteiger partial charge in [0, 0.05) is 5.69 Å². The molecule has 1 saturated carbocycles. The largest absolute Gasteiger partial charge is 0.297 e. The molecule has 1 amide bonds. The molecule has 2 aliphatic rings. The van der Waals surface area contributed by atoms with E-state index in [1.54, 1.807) is 4.90 Å². The number of rotatable bonds is 2. The van der Waals surface area contributed by atoms with Crippen molar-refractivity contribution in [3.05, 3.63) is 30.3 Å². The van der Waals surface area contributed by atoms with E-state index in [9.17, 15) is 9.59 Å². The number of carbonyl (C=O) groups is 2. The number of anilines is 1. The van der Waals surface area contributed by atoms with E-state index in [1.807, 2.05) is 30.3 Å². The maximum Gasteiger partial charge on any atom is 0.297 e. The van der Waals surface area contributed by atoms with Crippen molar-refractivity contribution in [3.8, 4) is 0 Å². The van der Waals surface area contributed by atoms with E-state index in [2.05, 4.69) is 0 Å². The Morgan fingerprint density at radius 3 is 2.28 bits per heavy atom. The van der Waals surface area contributed by atoms with E-state index in [4.69, 9.17) is 0 Å². The highest BCUT2D eigenvalue weighted by Crippen LogP contribution is 2.36. The van der Waals surface area contributed by atoms with Crippen molar-refractivity contribution < 1.29 is 9.59 Å². The van der Waals surface area contributed by atoms with E-state index in [0.29, 0.717) is 5.92 Å². The summed E-state index contributed by atoms with van der Waals surface area (Å²) in [6.07, 6.45) is 5.78. The Bertz CT molecular complexity index is 463. The van der Waals surface area contributed by atoms with Gasteiger partial charge in [0.1, 0.15) is 6.04 Å². The van der Waals surface area contributed by atoms with Gasteiger partial charge in [0.2, 0.25) is 5.78 Å². The van der Waals surface area contributed by atoms with Gasteiger partial charge in [0.05, 0.1) is 0 Å². The van der Waals surface area contributed by atoms with Crippen LogP contribution in [0.4, 0.5) is 5.69 Å². The molecule has 3 rings (SSSR count). The molecule has 1 heterocycles. The standard InChI is InChI=1S/C15H17NO2/c17-14-13(11-7-3-1-4-8-11)16(15(14)18)12-9-5-2-6-10-12/h2,5-6,9-11,13H,1,3-4,7-8H2. The van der Waals surface area contributed by atoms with Crippen LogP contribution in [0.5, 0.6) is 0 Å². The van der Waals surface area contributed by atoms with Crippen LogP contribution in [0, 0.1) is 5.92 Å². The summed E-state index contributed by atoms with van der Waals surface area (Å²) in [5.41, 5.74) is 0.859. The molecule has 3 heteroatoms. The molecule has 2 fully saturated rings. The molecule has 1 aliphatic carbocycles. The lowest BCUT2D eigenvalue weighted by atomic mass is 9.77. The van der Waals surface area contributed by atoms with Crippen LogP contribution in [-0.2, 0) is 9.59 Å². The summed E-state index contributed by atoms with van der Waals surface area (Å²) in [7, 11) is 0. The Kier molecular flexibility index (Phi) is 2.90. The molecule has 18 heavy (non-hydrogen) atoms. The van der Waals surface area contributed by atoms with Gasteiger partial charge in [-0.1, -0.05) is 37.5 Å². The minimum atomic E-state index is -0.336. The van der Waals surface area contributed by atoms with Gasteiger partial charge in [-0.05, 0) is 30.9 Å². The molecule has 1 atom stereocenters. The van der Waals surface area contributed by atoms with Crippen LogP contribution in [0.15, 0.2) is 30.3 Å². The summed E-state index contributed by atoms with van der Waals surface area (Å²) < 4.78 is 0. The van der Waals surface area contributed by atoms with Crippen molar-refractivity contribution in [1.82, 2.24) is 0 Å². The second kappa shape index (κ2) is 4.56. The average molecular weight is 243 g/mol. The Morgan fingerprint density at radius 2 is 1.61 bits per heavy atom. The van der Waals surface area contributed by atoms with Crippen molar-refractivity contribution in [3.63, 3.8) is 0 Å². The number of amides is 1. The smallest absolute Gasteiger partial charge is 0.294 e. The number of Topliss-reactive ketones (excluding diaryl/α,β-unsaturated/α-hetero) is 1. The molecule has 0 spiro atoms. The second-order valence-corrected chi connectivity index (χ2v) is 5.22.